The molecule has 0 bridgehead atoms. The van der Waals surface area contributed by atoms with E-state index in [0.29, 0.717) is 12.3 Å². The van der Waals surface area contributed by atoms with Crippen LogP contribution in [0.4, 0.5) is 25.4 Å². The highest BCUT2D eigenvalue weighted by molar-refractivity contribution is 6.08. The molecule has 0 atom stereocenters. The maximum absolute atomic E-state index is 14.3. The van der Waals surface area contributed by atoms with Gasteiger partial charge in [0.1, 0.15) is 5.75 Å². The van der Waals surface area contributed by atoms with Crippen molar-refractivity contribution in [3.8, 4) is 11.5 Å². The van der Waals surface area contributed by atoms with Gasteiger partial charge < -0.3 is 10.1 Å². The van der Waals surface area contributed by atoms with Crippen LogP contribution in [-0.2, 0) is 0 Å². The molecule has 1 N–H and O–H groups in total. The molecule has 2 heterocycles. The summed E-state index contributed by atoms with van der Waals surface area (Å²) in [7, 11) is 0. The van der Waals surface area contributed by atoms with E-state index in [1.807, 2.05) is 18.2 Å². The number of carbonyl (C=O) groups is 2. The first kappa shape index (κ1) is 18.4. The molecule has 29 heavy (non-hydrogen) atoms. The minimum Gasteiger partial charge on any atom is -0.454 e. The average molecular weight is 392 g/mol. The Kier molecular flexibility index (Phi) is 5.07. The molecule has 0 saturated carbocycles. The highest BCUT2D eigenvalue weighted by Gasteiger charge is 2.34. The van der Waals surface area contributed by atoms with E-state index in [9.17, 15) is 14.0 Å². The number of nitrogens with zero attached hydrogens (tertiary/aromatic N) is 3. The molecule has 4 rings (SSSR count). The minimum absolute atomic E-state index is 0.0155. The Hall–Kier alpha value is -3.94. The van der Waals surface area contributed by atoms with Crippen molar-refractivity contribution in [2.24, 2.45) is 0 Å². The van der Waals surface area contributed by atoms with Gasteiger partial charge in [-0.15, -0.1) is 0 Å². The van der Waals surface area contributed by atoms with Gasteiger partial charge in [0.05, 0.1) is 6.54 Å². The van der Waals surface area contributed by atoms with Gasteiger partial charge in [-0.25, -0.2) is 18.9 Å². The summed E-state index contributed by atoms with van der Waals surface area (Å²) >= 11 is 0. The molecule has 1 saturated heterocycles. The third-order valence-corrected chi connectivity index (χ3v) is 4.38. The number of urea groups is 2. The molecular formula is C21H17FN4O3. The minimum atomic E-state index is -0.640. The summed E-state index contributed by atoms with van der Waals surface area (Å²) in [6.07, 6.45) is 3.07. The topological polar surface area (TPSA) is 74.8 Å². The summed E-state index contributed by atoms with van der Waals surface area (Å²) in [5.74, 6) is -0.181. The van der Waals surface area contributed by atoms with Crippen molar-refractivity contribution in [1.29, 1.82) is 0 Å². The molecule has 8 heteroatoms. The molecule has 1 aromatic heterocycles. The van der Waals surface area contributed by atoms with E-state index < -0.39 is 17.9 Å². The van der Waals surface area contributed by atoms with E-state index in [0.717, 1.165) is 16.7 Å². The van der Waals surface area contributed by atoms with E-state index in [4.69, 9.17) is 4.74 Å². The number of pyridine rings is 1. The number of rotatable bonds is 4. The number of imide groups is 1. The number of amides is 4. The second kappa shape index (κ2) is 7.97. The van der Waals surface area contributed by atoms with Crippen molar-refractivity contribution < 1.29 is 18.7 Å². The third-order valence-electron chi connectivity index (χ3n) is 4.38. The number of benzene rings is 2. The van der Waals surface area contributed by atoms with Gasteiger partial charge in [-0.2, -0.15) is 0 Å². The normalized spacial score (nSPS) is 13.5. The smallest absolute Gasteiger partial charge is 0.332 e. The van der Waals surface area contributed by atoms with Crippen LogP contribution in [0.3, 0.4) is 0 Å². The maximum Gasteiger partial charge on any atom is 0.332 e. The zero-order chi connectivity index (χ0) is 20.2. The molecule has 7 nitrogen and oxygen atoms in total. The molecule has 2 aromatic carbocycles. The van der Waals surface area contributed by atoms with E-state index in [1.165, 1.54) is 29.4 Å². The van der Waals surface area contributed by atoms with Crippen molar-refractivity contribution >= 4 is 23.4 Å². The summed E-state index contributed by atoms with van der Waals surface area (Å²) in [4.78, 5) is 31.5. The average Bonchev–Trinajstić information content (AvgIpc) is 3.13. The zero-order valence-electron chi connectivity index (χ0n) is 15.3. The molecule has 0 radical (unpaired) electrons. The van der Waals surface area contributed by atoms with Crippen LogP contribution in [0.2, 0.25) is 0 Å². The molecule has 0 aliphatic carbocycles. The van der Waals surface area contributed by atoms with E-state index >= 15 is 0 Å². The highest BCUT2D eigenvalue weighted by atomic mass is 19.1. The van der Waals surface area contributed by atoms with E-state index in [-0.39, 0.29) is 18.0 Å². The Morgan fingerprint density at radius 3 is 2.52 bits per heavy atom. The maximum atomic E-state index is 14.3. The fourth-order valence-corrected chi connectivity index (χ4v) is 2.96. The Balaban J connectivity index is 1.42. The van der Waals surface area contributed by atoms with Crippen LogP contribution in [0.5, 0.6) is 11.5 Å². The van der Waals surface area contributed by atoms with Gasteiger partial charge in [-0.3, -0.25) is 9.88 Å². The van der Waals surface area contributed by atoms with Crippen molar-refractivity contribution in [2.75, 3.05) is 23.3 Å². The standard InChI is InChI=1S/C21H17FN4O3/c22-18-14-15(6-7-19(18)29-17-8-10-23-11-9-17)24-20(27)26-13-12-25(21(26)28)16-4-2-1-3-5-16/h1-11,14H,12-13H2,(H,24,27). The number of hydrogen-bond acceptors (Lipinski definition) is 4. The SMILES string of the molecule is O=C(Nc1ccc(Oc2ccncc2)c(F)c1)N1CCN(c2ccccc2)C1=O. The number of ether oxygens (including phenoxy) is 1. The van der Waals surface area contributed by atoms with Crippen LogP contribution in [0.15, 0.2) is 73.1 Å². The molecule has 1 fully saturated rings. The summed E-state index contributed by atoms with van der Waals surface area (Å²) in [5, 5.41) is 2.55. The quantitative estimate of drug-likeness (QED) is 0.710. The first-order chi connectivity index (χ1) is 14.1. The van der Waals surface area contributed by atoms with Crippen LogP contribution in [0, 0.1) is 5.82 Å². The Bertz CT molecular complexity index is 1030. The van der Waals surface area contributed by atoms with Crippen molar-refractivity contribution in [3.05, 3.63) is 78.9 Å². The van der Waals surface area contributed by atoms with Gasteiger partial charge in [0.2, 0.25) is 0 Å². The number of anilines is 2. The van der Waals surface area contributed by atoms with Gasteiger partial charge >= 0.3 is 12.1 Å². The largest absolute Gasteiger partial charge is 0.454 e. The number of aromatic nitrogens is 1. The van der Waals surface area contributed by atoms with Gasteiger partial charge in [-0.05, 0) is 36.4 Å². The van der Waals surface area contributed by atoms with Gasteiger partial charge in [0, 0.05) is 36.4 Å². The number of hydrogen-bond donors (Lipinski definition) is 1. The molecule has 146 valence electrons. The van der Waals surface area contributed by atoms with Crippen LogP contribution in [0.25, 0.3) is 0 Å². The second-order valence-electron chi connectivity index (χ2n) is 6.28. The van der Waals surface area contributed by atoms with Crippen molar-refractivity contribution in [3.63, 3.8) is 0 Å². The summed E-state index contributed by atoms with van der Waals surface area (Å²) in [6.45, 7) is 0.634. The van der Waals surface area contributed by atoms with Crippen LogP contribution >= 0.6 is 0 Å². The molecule has 0 spiro atoms. The fourth-order valence-electron chi connectivity index (χ4n) is 2.96. The van der Waals surface area contributed by atoms with Gasteiger partial charge in [-0.1, -0.05) is 18.2 Å². The number of nitrogens with one attached hydrogen (secondary N) is 1. The number of carbonyl (C=O) groups excluding carboxylic acids is 2. The predicted octanol–water partition coefficient (Wildman–Crippen LogP) is 4.49. The van der Waals surface area contributed by atoms with Gasteiger partial charge in [0.15, 0.2) is 11.6 Å². The monoisotopic (exact) mass is 392 g/mol. The lowest BCUT2D eigenvalue weighted by Gasteiger charge is -2.18. The Morgan fingerprint density at radius 2 is 1.79 bits per heavy atom. The van der Waals surface area contributed by atoms with Crippen LogP contribution in [0.1, 0.15) is 0 Å². The van der Waals surface area contributed by atoms with Crippen LogP contribution in [-0.4, -0.2) is 35.0 Å². The lowest BCUT2D eigenvalue weighted by Crippen LogP contribution is -2.39. The zero-order valence-corrected chi connectivity index (χ0v) is 15.3. The van der Waals surface area contributed by atoms with E-state index in [1.54, 1.807) is 24.3 Å². The third kappa shape index (κ3) is 4.01. The number of para-hydroxylation sites is 1. The van der Waals surface area contributed by atoms with Gasteiger partial charge in [0.25, 0.3) is 0 Å². The lowest BCUT2D eigenvalue weighted by molar-refractivity contribution is 0.209. The van der Waals surface area contributed by atoms with E-state index in [2.05, 4.69) is 10.3 Å². The second-order valence-corrected chi connectivity index (χ2v) is 6.28. The van der Waals surface area contributed by atoms with Crippen molar-refractivity contribution in [2.45, 2.75) is 0 Å². The lowest BCUT2D eigenvalue weighted by atomic mass is 10.3. The van der Waals surface area contributed by atoms with Crippen LogP contribution < -0.4 is 15.0 Å². The Morgan fingerprint density at radius 1 is 1.03 bits per heavy atom. The first-order valence-corrected chi connectivity index (χ1v) is 8.94. The summed E-state index contributed by atoms with van der Waals surface area (Å²) < 4.78 is 19.8. The molecule has 1 aliphatic rings. The molecule has 4 amide bonds. The molecule has 1 aliphatic heterocycles. The Labute approximate surface area is 166 Å². The molecule has 0 unspecified atom stereocenters. The molecular weight excluding hydrogens is 375 g/mol. The summed E-state index contributed by atoms with van der Waals surface area (Å²) in [6, 6.07) is 15.3. The number of halogens is 1. The predicted molar refractivity (Wildman–Crippen MR) is 106 cm³/mol. The first-order valence-electron chi connectivity index (χ1n) is 8.94. The fraction of sp³-hybridized carbons (Fsp3) is 0.0952. The van der Waals surface area contributed by atoms with Crippen molar-refractivity contribution in [1.82, 2.24) is 9.88 Å². The summed E-state index contributed by atoms with van der Waals surface area (Å²) in [5.41, 5.74) is 0.942. The highest BCUT2D eigenvalue weighted by Crippen LogP contribution is 2.27. The molecule has 3 aromatic rings.